The third kappa shape index (κ3) is 4.23. The molecule has 3 amide bonds. The summed E-state index contributed by atoms with van der Waals surface area (Å²) in [6.07, 6.45) is 0. The molecule has 110 valence electrons. The number of carbonyl (C=O) groups is 3. The Bertz CT molecular complexity index is 473. The summed E-state index contributed by atoms with van der Waals surface area (Å²) < 4.78 is 0. The molecule has 0 fully saturated rings. The molecule has 0 saturated carbocycles. The molecule has 0 aliphatic heterocycles. The summed E-state index contributed by atoms with van der Waals surface area (Å²) in [4.78, 5) is 37.2. The smallest absolute Gasteiger partial charge is 0.323 e. The van der Waals surface area contributed by atoms with E-state index in [-0.39, 0.29) is 6.04 Å². The first-order valence-electron chi connectivity index (χ1n) is 5.88. The van der Waals surface area contributed by atoms with Gasteiger partial charge in [-0.05, 0) is 18.4 Å². The van der Waals surface area contributed by atoms with Crippen LogP contribution in [0.3, 0.4) is 0 Å². The summed E-state index contributed by atoms with van der Waals surface area (Å²) in [7, 11) is 1.56. The summed E-state index contributed by atoms with van der Waals surface area (Å²) in [5.74, 6) is -1.95. The first-order chi connectivity index (χ1) is 9.32. The number of carboxylic acids is 1. The fraction of sp³-hybridized carbons (Fsp3) is 0.417. The van der Waals surface area contributed by atoms with Gasteiger partial charge in [-0.15, -0.1) is 11.3 Å². The maximum atomic E-state index is 12.2. The Morgan fingerprint density at radius 2 is 2.05 bits per heavy atom. The second-order valence-corrected chi connectivity index (χ2v) is 5.28. The van der Waals surface area contributed by atoms with Crippen LogP contribution in [0.15, 0.2) is 17.5 Å². The van der Waals surface area contributed by atoms with E-state index in [9.17, 15) is 14.4 Å². The average Bonchev–Trinajstić information content (AvgIpc) is 2.88. The van der Waals surface area contributed by atoms with Gasteiger partial charge in [0.15, 0.2) is 0 Å². The zero-order valence-corrected chi connectivity index (χ0v) is 12.1. The van der Waals surface area contributed by atoms with Crippen molar-refractivity contribution in [1.29, 1.82) is 0 Å². The number of aliphatic carboxylic acids is 1. The Labute approximate surface area is 120 Å². The number of primary amides is 1. The number of rotatable bonds is 6. The van der Waals surface area contributed by atoms with Crippen LogP contribution in [0, 0.1) is 0 Å². The number of thiophene rings is 1. The fourth-order valence-electron chi connectivity index (χ4n) is 1.65. The number of nitrogens with zero attached hydrogens (tertiary/aromatic N) is 2. The van der Waals surface area contributed by atoms with Gasteiger partial charge in [0.1, 0.15) is 13.1 Å². The van der Waals surface area contributed by atoms with Gasteiger partial charge in [0.25, 0.3) is 0 Å². The first kappa shape index (κ1) is 16.0. The van der Waals surface area contributed by atoms with Crippen LogP contribution in [0.4, 0.5) is 4.79 Å². The minimum absolute atomic E-state index is 0.216. The number of hydrogen-bond acceptors (Lipinski definition) is 4. The van der Waals surface area contributed by atoms with Gasteiger partial charge in [-0.25, -0.2) is 4.79 Å². The molecule has 3 N–H and O–H groups in total. The standard InChI is InChI=1S/C12H17N3O4S/c1-8(9-4-3-5-20-9)14(2)12(19)15(6-10(13)16)7-11(17)18/h3-5,8H,6-7H2,1-2H3,(H2,13,16)(H,17,18). The van der Waals surface area contributed by atoms with Gasteiger partial charge in [0.05, 0.1) is 6.04 Å². The number of hydrogen-bond donors (Lipinski definition) is 2. The quantitative estimate of drug-likeness (QED) is 0.808. The molecule has 0 radical (unpaired) electrons. The molecule has 1 aromatic rings. The van der Waals surface area contributed by atoms with Crippen LogP contribution in [0.1, 0.15) is 17.8 Å². The molecule has 0 bridgehead atoms. The van der Waals surface area contributed by atoms with E-state index < -0.39 is 31.0 Å². The lowest BCUT2D eigenvalue weighted by Gasteiger charge is -2.30. The van der Waals surface area contributed by atoms with Crippen LogP contribution in [-0.4, -0.2) is 53.0 Å². The molecule has 20 heavy (non-hydrogen) atoms. The van der Waals surface area contributed by atoms with E-state index in [4.69, 9.17) is 10.8 Å². The lowest BCUT2D eigenvalue weighted by molar-refractivity contribution is -0.138. The second-order valence-electron chi connectivity index (χ2n) is 4.30. The predicted molar refractivity (Wildman–Crippen MR) is 74.3 cm³/mol. The average molecular weight is 299 g/mol. The molecule has 0 aromatic carbocycles. The van der Waals surface area contributed by atoms with E-state index in [1.807, 2.05) is 24.4 Å². The molecule has 8 heteroatoms. The number of urea groups is 1. The predicted octanol–water partition coefficient (Wildman–Crippen LogP) is 0.733. The van der Waals surface area contributed by atoms with Crippen LogP contribution in [0.2, 0.25) is 0 Å². The fourth-order valence-corrected chi connectivity index (χ4v) is 2.48. The van der Waals surface area contributed by atoms with Gasteiger partial charge in [-0.2, -0.15) is 0 Å². The molecule has 1 atom stereocenters. The molecule has 0 spiro atoms. The highest BCUT2D eigenvalue weighted by Gasteiger charge is 2.26. The molecule has 0 aliphatic rings. The third-order valence-electron chi connectivity index (χ3n) is 2.78. The summed E-state index contributed by atoms with van der Waals surface area (Å²) in [5.41, 5.74) is 5.04. The van der Waals surface area contributed by atoms with Gasteiger partial charge in [-0.3, -0.25) is 9.59 Å². The Hall–Kier alpha value is -2.09. The van der Waals surface area contributed by atoms with Crippen LogP contribution in [0.25, 0.3) is 0 Å². The van der Waals surface area contributed by atoms with Crippen LogP contribution < -0.4 is 5.73 Å². The molecule has 0 saturated heterocycles. The van der Waals surface area contributed by atoms with Gasteiger partial charge in [0, 0.05) is 11.9 Å². The van der Waals surface area contributed by atoms with Crippen molar-refractivity contribution in [3.63, 3.8) is 0 Å². The minimum atomic E-state index is -1.20. The highest BCUT2D eigenvalue weighted by Crippen LogP contribution is 2.24. The number of nitrogens with two attached hydrogens (primary N) is 1. The monoisotopic (exact) mass is 299 g/mol. The molecule has 7 nitrogen and oxygen atoms in total. The molecular weight excluding hydrogens is 282 g/mol. The van der Waals surface area contributed by atoms with Crippen molar-refractivity contribution in [3.8, 4) is 0 Å². The number of carbonyl (C=O) groups excluding carboxylic acids is 2. The molecule has 1 heterocycles. The Morgan fingerprint density at radius 1 is 1.40 bits per heavy atom. The summed E-state index contributed by atoms with van der Waals surface area (Å²) in [6, 6.07) is 2.99. The van der Waals surface area contributed by atoms with Crippen molar-refractivity contribution in [2.45, 2.75) is 13.0 Å². The van der Waals surface area contributed by atoms with E-state index in [1.54, 1.807) is 7.05 Å². The van der Waals surface area contributed by atoms with Crippen molar-refractivity contribution < 1.29 is 19.5 Å². The van der Waals surface area contributed by atoms with E-state index >= 15 is 0 Å². The maximum absolute atomic E-state index is 12.2. The Morgan fingerprint density at radius 3 is 2.50 bits per heavy atom. The van der Waals surface area contributed by atoms with Crippen molar-refractivity contribution in [3.05, 3.63) is 22.4 Å². The Balaban J connectivity index is 2.82. The van der Waals surface area contributed by atoms with Gasteiger partial charge in [-0.1, -0.05) is 6.07 Å². The molecule has 1 unspecified atom stereocenters. The topological polar surface area (TPSA) is 104 Å². The van der Waals surface area contributed by atoms with E-state index in [2.05, 4.69) is 0 Å². The zero-order valence-electron chi connectivity index (χ0n) is 11.3. The van der Waals surface area contributed by atoms with Crippen molar-refractivity contribution in [2.75, 3.05) is 20.1 Å². The van der Waals surface area contributed by atoms with Crippen molar-refractivity contribution >= 4 is 29.2 Å². The summed E-state index contributed by atoms with van der Waals surface area (Å²) in [6.45, 7) is 0.836. The van der Waals surface area contributed by atoms with Gasteiger partial charge < -0.3 is 20.6 Å². The SMILES string of the molecule is CC(c1cccs1)N(C)C(=O)N(CC(N)=O)CC(=O)O. The minimum Gasteiger partial charge on any atom is -0.480 e. The normalized spacial score (nSPS) is 11.7. The maximum Gasteiger partial charge on any atom is 0.323 e. The molecule has 0 aliphatic carbocycles. The summed E-state index contributed by atoms with van der Waals surface area (Å²) in [5, 5.41) is 10.7. The highest BCUT2D eigenvalue weighted by molar-refractivity contribution is 7.10. The number of carboxylic acid groups (broad SMARTS) is 1. The van der Waals surface area contributed by atoms with Gasteiger partial charge >= 0.3 is 12.0 Å². The van der Waals surface area contributed by atoms with E-state index in [1.165, 1.54) is 16.2 Å². The van der Waals surface area contributed by atoms with Gasteiger partial charge in [0.2, 0.25) is 5.91 Å². The molecule has 1 rings (SSSR count). The van der Waals surface area contributed by atoms with Crippen molar-refractivity contribution in [1.82, 2.24) is 9.80 Å². The van der Waals surface area contributed by atoms with Crippen LogP contribution in [-0.2, 0) is 9.59 Å². The lowest BCUT2D eigenvalue weighted by atomic mass is 10.2. The molecule has 1 aromatic heterocycles. The van der Waals surface area contributed by atoms with Crippen LogP contribution in [0.5, 0.6) is 0 Å². The highest BCUT2D eigenvalue weighted by atomic mass is 32.1. The van der Waals surface area contributed by atoms with Crippen LogP contribution >= 0.6 is 11.3 Å². The van der Waals surface area contributed by atoms with E-state index in [0.29, 0.717) is 0 Å². The van der Waals surface area contributed by atoms with Crippen molar-refractivity contribution in [2.24, 2.45) is 5.73 Å². The largest absolute Gasteiger partial charge is 0.480 e. The number of amides is 3. The Kier molecular flexibility index (Phi) is 5.51. The first-order valence-corrected chi connectivity index (χ1v) is 6.76. The lowest BCUT2D eigenvalue weighted by Crippen LogP contribution is -2.47. The zero-order chi connectivity index (χ0) is 15.3. The molecular formula is C12H17N3O4S. The summed E-state index contributed by atoms with van der Waals surface area (Å²) >= 11 is 1.50. The van der Waals surface area contributed by atoms with E-state index in [0.717, 1.165) is 9.78 Å². The second kappa shape index (κ2) is 6.90. The third-order valence-corrected chi connectivity index (χ3v) is 3.82.